The summed E-state index contributed by atoms with van der Waals surface area (Å²) in [6.45, 7) is 8.75. The molecule has 1 N–H and O–H groups in total. The van der Waals surface area contributed by atoms with Gasteiger partial charge in [0.15, 0.2) is 0 Å². The highest BCUT2D eigenvalue weighted by molar-refractivity contribution is 5.85. The van der Waals surface area contributed by atoms with Crippen molar-refractivity contribution in [1.82, 2.24) is 19.8 Å². The molecule has 4 nitrogen and oxygen atoms in total. The van der Waals surface area contributed by atoms with Crippen molar-refractivity contribution < 1.29 is 0 Å². The van der Waals surface area contributed by atoms with Crippen LogP contribution in [0, 0.1) is 19.3 Å². The van der Waals surface area contributed by atoms with Gasteiger partial charge in [0.2, 0.25) is 0 Å². The highest BCUT2D eigenvalue weighted by atomic mass is 35.5. The number of nitrogens with one attached hydrogen (secondary N) is 1. The fraction of sp³-hybridized carbons (Fsp3) is 0.571. The number of imidazole rings is 1. The highest BCUT2D eigenvalue weighted by Gasteiger charge is 2.56. The first-order chi connectivity index (χ1) is 12.1. The molecule has 0 radical (unpaired) electrons. The number of rotatable bonds is 5. The molecule has 26 heavy (non-hydrogen) atoms. The Hall–Kier alpha value is -1.36. The first-order valence-electron chi connectivity index (χ1n) is 9.54. The molecule has 1 unspecified atom stereocenters. The molecule has 5 heteroatoms. The van der Waals surface area contributed by atoms with Gasteiger partial charge in [0.25, 0.3) is 0 Å². The molecule has 1 spiro atoms. The average molecular weight is 375 g/mol. The fourth-order valence-corrected chi connectivity index (χ4v) is 4.50. The summed E-state index contributed by atoms with van der Waals surface area (Å²) in [4.78, 5) is 7.28. The van der Waals surface area contributed by atoms with E-state index in [-0.39, 0.29) is 12.4 Å². The molecular formula is C21H31ClN4. The van der Waals surface area contributed by atoms with E-state index in [0.29, 0.717) is 11.5 Å². The second kappa shape index (κ2) is 7.71. The number of hydrogen-bond acceptors (Lipinski definition) is 3. The summed E-state index contributed by atoms with van der Waals surface area (Å²) in [5.41, 5.74) is 4.76. The van der Waals surface area contributed by atoms with Crippen LogP contribution in [0.5, 0.6) is 0 Å². The van der Waals surface area contributed by atoms with Gasteiger partial charge in [-0.15, -0.1) is 12.4 Å². The first-order valence-corrected chi connectivity index (χ1v) is 9.54. The van der Waals surface area contributed by atoms with E-state index in [2.05, 4.69) is 65.1 Å². The summed E-state index contributed by atoms with van der Waals surface area (Å²) < 4.78 is 2.16. The molecule has 4 rings (SSSR count). The maximum Gasteiger partial charge on any atom is 0.122 e. The van der Waals surface area contributed by atoms with E-state index in [0.717, 1.165) is 13.1 Å². The molecule has 1 saturated heterocycles. The third kappa shape index (κ3) is 3.83. The monoisotopic (exact) mass is 374 g/mol. The van der Waals surface area contributed by atoms with Gasteiger partial charge in [-0.3, -0.25) is 4.90 Å². The van der Waals surface area contributed by atoms with Gasteiger partial charge in [-0.25, -0.2) is 4.98 Å². The lowest BCUT2D eigenvalue weighted by atomic mass is 9.93. The molecule has 1 aromatic heterocycles. The van der Waals surface area contributed by atoms with Crippen LogP contribution in [-0.2, 0) is 20.1 Å². The molecule has 2 aliphatic rings. The molecule has 1 saturated carbocycles. The van der Waals surface area contributed by atoms with Crippen molar-refractivity contribution in [2.45, 2.75) is 52.2 Å². The van der Waals surface area contributed by atoms with E-state index in [4.69, 9.17) is 0 Å². The van der Waals surface area contributed by atoms with Crippen LogP contribution in [0.25, 0.3) is 0 Å². The minimum atomic E-state index is 0. The molecule has 1 aliphatic carbocycles. The lowest BCUT2D eigenvalue weighted by Gasteiger charge is -2.30. The lowest BCUT2D eigenvalue weighted by Crippen LogP contribution is -2.36. The van der Waals surface area contributed by atoms with Gasteiger partial charge in [-0.2, -0.15) is 0 Å². The Bertz CT molecular complexity index is 748. The number of halogens is 1. The van der Waals surface area contributed by atoms with E-state index < -0.39 is 0 Å². The topological polar surface area (TPSA) is 33.1 Å². The van der Waals surface area contributed by atoms with Gasteiger partial charge >= 0.3 is 0 Å². The first kappa shape index (κ1) is 19.4. The molecular weight excluding hydrogens is 344 g/mol. The molecule has 2 aromatic rings. The Balaban J connectivity index is 0.00000196. The number of benzene rings is 1. The zero-order valence-electron chi connectivity index (χ0n) is 16.2. The summed E-state index contributed by atoms with van der Waals surface area (Å²) in [7, 11) is 2.10. The highest BCUT2D eigenvalue weighted by Crippen LogP contribution is 2.56. The van der Waals surface area contributed by atoms with Crippen LogP contribution < -0.4 is 5.32 Å². The number of hydrogen-bond donors (Lipinski definition) is 1. The van der Waals surface area contributed by atoms with Crippen molar-refractivity contribution in [3.8, 4) is 0 Å². The third-order valence-electron chi connectivity index (χ3n) is 6.33. The molecule has 0 bridgehead atoms. The van der Waals surface area contributed by atoms with Gasteiger partial charge in [0, 0.05) is 32.0 Å². The van der Waals surface area contributed by atoms with Gasteiger partial charge in [-0.1, -0.05) is 23.8 Å². The van der Waals surface area contributed by atoms with Crippen LogP contribution >= 0.6 is 12.4 Å². The Kier molecular flexibility index (Phi) is 5.75. The summed E-state index contributed by atoms with van der Waals surface area (Å²) in [5, 5.41) is 3.53. The van der Waals surface area contributed by atoms with E-state index in [9.17, 15) is 0 Å². The van der Waals surface area contributed by atoms with Crippen LogP contribution in [0.1, 0.15) is 41.8 Å². The predicted molar refractivity (Wildman–Crippen MR) is 109 cm³/mol. The van der Waals surface area contributed by atoms with Crippen molar-refractivity contribution in [1.29, 1.82) is 0 Å². The second-order valence-corrected chi connectivity index (χ2v) is 8.12. The van der Waals surface area contributed by atoms with Crippen LogP contribution in [0.3, 0.4) is 0 Å². The molecule has 1 aliphatic heterocycles. The predicted octanol–water partition coefficient (Wildman–Crippen LogP) is 3.60. The van der Waals surface area contributed by atoms with E-state index >= 15 is 0 Å². The van der Waals surface area contributed by atoms with Crippen molar-refractivity contribution in [2.24, 2.45) is 12.5 Å². The summed E-state index contributed by atoms with van der Waals surface area (Å²) in [6.07, 6.45) is 7.96. The number of aromatic nitrogens is 2. The Morgan fingerprint density at radius 2 is 2.00 bits per heavy atom. The van der Waals surface area contributed by atoms with Crippen molar-refractivity contribution in [3.05, 3.63) is 53.1 Å². The number of piperidine rings is 1. The second-order valence-electron chi connectivity index (χ2n) is 8.12. The Morgan fingerprint density at radius 1 is 1.23 bits per heavy atom. The molecule has 0 amide bonds. The minimum absolute atomic E-state index is 0. The van der Waals surface area contributed by atoms with E-state index in [1.54, 1.807) is 0 Å². The third-order valence-corrected chi connectivity index (χ3v) is 6.33. The van der Waals surface area contributed by atoms with Crippen molar-refractivity contribution in [3.63, 3.8) is 0 Å². The van der Waals surface area contributed by atoms with Crippen LogP contribution in [-0.4, -0.2) is 33.6 Å². The van der Waals surface area contributed by atoms with Crippen LogP contribution in [0.15, 0.2) is 30.6 Å². The van der Waals surface area contributed by atoms with E-state index in [1.165, 1.54) is 54.9 Å². The normalized spacial score (nSPS) is 21.0. The van der Waals surface area contributed by atoms with Gasteiger partial charge in [-0.05, 0) is 62.7 Å². The maximum atomic E-state index is 4.59. The molecule has 1 atom stereocenters. The number of nitrogens with zero attached hydrogens (tertiary/aromatic N) is 3. The fourth-order valence-electron chi connectivity index (χ4n) is 4.50. The van der Waals surface area contributed by atoms with Crippen molar-refractivity contribution in [2.75, 3.05) is 13.1 Å². The standard InChI is InChI=1S/C21H30N4.ClH/c1-16-4-5-17(2)18(12-16)14-25(15-20-23-10-11-24(20)3)19-13-21(19)6-8-22-9-7-21;/h4-5,10-12,19,22H,6-9,13-15H2,1-3H3;1H. The SMILES string of the molecule is Cc1ccc(C)c(CN(Cc2nccn2C)C2CC23CCNCC3)c1.Cl. The quantitative estimate of drug-likeness (QED) is 0.867. The summed E-state index contributed by atoms with van der Waals surface area (Å²) >= 11 is 0. The van der Waals surface area contributed by atoms with Crippen LogP contribution in [0.4, 0.5) is 0 Å². The molecule has 2 heterocycles. The smallest absolute Gasteiger partial charge is 0.122 e. The van der Waals surface area contributed by atoms with E-state index in [1.807, 2.05) is 6.20 Å². The zero-order valence-corrected chi connectivity index (χ0v) is 17.0. The Labute approximate surface area is 163 Å². The molecule has 2 fully saturated rings. The Morgan fingerprint density at radius 3 is 2.69 bits per heavy atom. The lowest BCUT2D eigenvalue weighted by molar-refractivity contribution is 0.182. The molecule has 1 aromatic carbocycles. The average Bonchev–Trinajstić information content (AvgIpc) is 3.13. The van der Waals surface area contributed by atoms with Crippen LogP contribution in [0.2, 0.25) is 0 Å². The largest absolute Gasteiger partial charge is 0.337 e. The summed E-state index contributed by atoms with van der Waals surface area (Å²) in [6, 6.07) is 7.54. The minimum Gasteiger partial charge on any atom is -0.337 e. The number of aryl methyl sites for hydroxylation is 3. The molecule has 142 valence electrons. The van der Waals surface area contributed by atoms with Gasteiger partial charge < -0.3 is 9.88 Å². The van der Waals surface area contributed by atoms with Crippen molar-refractivity contribution >= 4 is 12.4 Å². The zero-order chi connectivity index (χ0) is 17.4. The van der Waals surface area contributed by atoms with Gasteiger partial charge in [0.1, 0.15) is 5.82 Å². The maximum absolute atomic E-state index is 4.59. The van der Waals surface area contributed by atoms with Gasteiger partial charge in [0.05, 0.1) is 6.54 Å². The summed E-state index contributed by atoms with van der Waals surface area (Å²) in [5.74, 6) is 1.17.